The molecular formula is C15H25NO. The van der Waals surface area contributed by atoms with Gasteiger partial charge in [-0.3, -0.25) is 0 Å². The second-order valence-corrected chi connectivity index (χ2v) is 4.50. The molecule has 0 aliphatic carbocycles. The van der Waals surface area contributed by atoms with Crippen LogP contribution in [0, 0.1) is 0 Å². The predicted molar refractivity (Wildman–Crippen MR) is 74.5 cm³/mol. The van der Waals surface area contributed by atoms with Crippen molar-refractivity contribution in [2.75, 3.05) is 18.0 Å². The molecule has 0 aromatic heterocycles. The van der Waals surface area contributed by atoms with Crippen LogP contribution < -0.4 is 4.90 Å². The van der Waals surface area contributed by atoms with Crippen LogP contribution in [0.2, 0.25) is 0 Å². The Balaban J connectivity index is 2.76. The van der Waals surface area contributed by atoms with Gasteiger partial charge in [-0.25, -0.2) is 0 Å². The quantitative estimate of drug-likeness (QED) is 0.778. The number of anilines is 1. The number of rotatable bonds is 7. The molecule has 1 atom stereocenters. The summed E-state index contributed by atoms with van der Waals surface area (Å²) >= 11 is 0. The van der Waals surface area contributed by atoms with E-state index in [0.717, 1.165) is 25.1 Å². The van der Waals surface area contributed by atoms with Gasteiger partial charge in [0.15, 0.2) is 0 Å². The average molecular weight is 235 g/mol. The summed E-state index contributed by atoms with van der Waals surface area (Å²) in [6.45, 7) is 8.61. The molecule has 2 heteroatoms. The second-order valence-electron chi connectivity index (χ2n) is 4.50. The molecule has 0 heterocycles. The number of aliphatic hydroxyl groups excluding tert-OH is 1. The zero-order valence-electron chi connectivity index (χ0n) is 11.3. The van der Waals surface area contributed by atoms with Crippen LogP contribution in [0.4, 0.5) is 5.69 Å². The van der Waals surface area contributed by atoms with E-state index in [9.17, 15) is 5.11 Å². The molecular weight excluding hydrogens is 210 g/mol. The van der Waals surface area contributed by atoms with Gasteiger partial charge in [0, 0.05) is 18.8 Å². The highest BCUT2D eigenvalue weighted by atomic mass is 16.3. The molecule has 1 aromatic carbocycles. The first kappa shape index (κ1) is 14.0. The molecule has 0 aliphatic rings. The molecule has 1 aromatic rings. The van der Waals surface area contributed by atoms with E-state index in [4.69, 9.17) is 0 Å². The minimum Gasteiger partial charge on any atom is -0.388 e. The van der Waals surface area contributed by atoms with Crippen molar-refractivity contribution in [3.63, 3.8) is 0 Å². The summed E-state index contributed by atoms with van der Waals surface area (Å²) in [7, 11) is 0. The van der Waals surface area contributed by atoms with E-state index in [1.54, 1.807) is 0 Å². The highest BCUT2D eigenvalue weighted by Gasteiger charge is 2.07. The lowest BCUT2D eigenvalue weighted by atomic mass is 10.1. The fourth-order valence-corrected chi connectivity index (χ4v) is 2.05. The Labute approximate surface area is 105 Å². The molecule has 0 aliphatic heterocycles. The first-order valence-corrected chi connectivity index (χ1v) is 6.75. The van der Waals surface area contributed by atoms with Gasteiger partial charge in [-0.2, -0.15) is 0 Å². The van der Waals surface area contributed by atoms with Crippen molar-refractivity contribution in [2.45, 2.75) is 46.1 Å². The van der Waals surface area contributed by atoms with Crippen LogP contribution in [-0.2, 0) is 0 Å². The van der Waals surface area contributed by atoms with Gasteiger partial charge in [-0.15, -0.1) is 0 Å². The third-order valence-corrected chi connectivity index (χ3v) is 3.02. The first-order chi connectivity index (χ1) is 8.22. The third kappa shape index (κ3) is 4.04. The van der Waals surface area contributed by atoms with Gasteiger partial charge in [-0.1, -0.05) is 32.9 Å². The number of hydrogen-bond donors (Lipinski definition) is 1. The van der Waals surface area contributed by atoms with Crippen molar-refractivity contribution >= 4 is 5.69 Å². The van der Waals surface area contributed by atoms with E-state index < -0.39 is 0 Å². The van der Waals surface area contributed by atoms with Gasteiger partial charge in [0.1, 0.15) is 0 Å². The number of nitrogens with zero attached hydrogens (tertiary/aromatic N) is 1. The number of benzene rings is 1. The predicted octanol–water partition coefficient (Wildman–Crippen LogP) is 3.76. The molecule has 2 nitrogen and oxygen atoms in total. The minimum absolute atomic E-state index is 0.324. The Morgan fingerprint density at radius 1 is 1.00 bits per heavy atom. The fourth-order valence-electron chi connectivity index (χ4n) is 2.05. The summed E-state index contributed by atoms with van der Waals surface area (Å²) in [6, 6.07) is 8.34. The molecule has 1 rings (SSSR count). The Morgan fingerprint density at radius 2 is 1.53 bits per heavy atom. The van der Waals surface area contributed by atoms with Crippen LogP contribution in [0.15, 0.2) is 24.3 Å². The fraction of sp³-hybridized carbons (Fsp3) is 0.600. The highest BCUT2D eigenvalue weighted by Crippen LogP contribution is 2.21. The summed E-state index contributed by atoms with van der Waals surface area (Å²) in [5.74, 6) is 0. The van der Waals surface area contributed by atoms with Crippen LogP contribution in [0.3, 0.4) is 0 Å². The SMILES string of the molecule is CCCN(CCC)c1ccc([C@@H](O)CC)cc1. The zero-order valence-corrected chi connectivity index (χ0v) is 11.3. The summed E-state index contributed by atoms with van der Waals surface area (Å²) in [5, 5.41) is 9.75. The maximum atomic E-state index is 9.75. The molecule has 0 saturated carbocycles. The minimum atomic E-state index is -0.324. The van der Waals surface area contributed by atoms with Crippen molar-refractivity contribution in [1.29, 1.82) is 0 Å². The molecule has 0 fully saturated rings. The molecule has 0 unspecified atom stereocenters. The molecule has 17 heavy (non-hydrogen) atoms. The Hall–Kier alpha value is -1.02. The van der Waals surface area contributed by atoms with E-state index in [-0.39, 0.29) is 6.10 Å². The third-order valence-electron chi connectivity index (χ3n) is 3.02. The lowest BCUT2D eigenvalue weighted by Crippen LogP contribution is -2.24. The van der Waals surface area contributed by atoms with E-state index in [1.165, 1.54) is 18.5 Å². The normalized spacial score (nSPS) is 12.5. The Kier molecular flexibility index (Phi) is 6.06. The van der Waals surface area contributed by atoms with Crippen molar-refractivity contribution < 1.29 is 5.11 Å². The van der Waals surface area contributed by atoms with Crippen LogP contribution in [0.5, 0.6) is 0 Å². The van der Waals surface area contributed by atoms with Crippen molar-refractivity contribution in [2.24, 2.45) is 0 Å². The van der Waals surface area contributed by atoms with Crippen LogP contribution in [0.1, 0.15) is 51.7 Å². The monoisotopic (exact) mass is 235 g/mol. The van der Waals surface area contributed by atoms with Crippen molar-refractivity contribution in [3.8, 4) is 0 Å². The lowest BCUT2D eigenvalue weighted by molar-refractivity contribution is 0.173. The average Bonchev–Trinajstić information content (AvgIpc) is 2.38. The highest BCUT2D eigenvalue weighted by molar-refractivity contribution is 5.47. The summed E-state index contributed by atoms with van der Waals surface area (Å²) in [6.07, 6.45) is 2.78. The zero-order chi connectivity index (χ0) is 12.7. The molecule has 0 spiro atoms. The van der Waals surface area contributed by atoms with Gasteiger partial charge in [0.05, 0.1) is 6.10 Å². The van der Waals surface area contributed by atoms with Gasteiger partial charge in [0.2, 0.25) is 0 Å². The molecule has 96 valence electrons. The molecule has 0 bridgehead atoms. The molecule has 0 saturated heterocycles. The van der Waals surface area contributed by atoms with Gasteiger partial charge in [-0.05, 0) is 37.0 Å². The maximum absolute atomic E-state index is 9.75. The number of hydrogen-bond acceptors (Lipinski definition) is 2. The van der Waals surface area contributed by atoms with Gasteiger partial charge in [0.25, 0.3) is 0 Å². The van der Waals surface area contributed by atoms with Gasteiger partial charge < -0.3 is 10.0 Å². The van der Waals surface area contributed by atoms with E-state index in [2.05, 4.69) is 30.9 Å². The largest absolute Gasteiger partial charge is 0.388 e. The lowest BCUT2D eigenvalue weighted by Gasteiger charge is -2.24. The smallest absolute Gasteiger partial charge is 0.0787 e. The standard InChI is InChI=1S/C15H25NO/c1-4-11-16(12-5-2)14-9-7-13(8-10-14)15(17)6-3/h7-10,15,17H,4-6,11-12H2,1-3H3/t15-/m0/s1. The number of aliphatic hydroxyl groups is 1. The van der Waals surface area contributed by atoms with Crippen molar-refractivity contribution in [3.05, 3.63) is 29.8 Å². The van der Waals surface area contributed by atoms with Crippen LogP contribution in [0.25, 0.3) is 0 Å². The summed E-state index contributed by atoms with van der Waals surface area (Å²) in [4.78, 5) is 2.40. The topological polar surface area (TPSA) is 23.5 Å². The second kappa shape index (κ2) is 7.33. The van der Waals surface area contributed by atoms with Crippen molar-refractivity contribution in [1.82, 2.24) is 0 Å². The Morgan fingerprint density at radius 3 is 1.94 bits per heavy atom. The van der Waals surface area contributed by atoms with E-state index in [1.807, 2.05) is 19.1 Å². The first-order valence-electron chi connectivity index (χ1n) is 6.75. The summed E-state index contributed by atoms with van der Waals surface area (Å²) < 4.78 is 0. The van der Waals surface area contributed by atoms with Crippen LogP contribution >= 0.6 is 0 Å². The summed E-state index contributed by atoms with van der Waals surface area (Å²) in [5.41, 5.74) is 2.28. The van der Waals surface area contributed by atoms with Crippen LogP contribution in [-0.4, -0.2) is 18.2 Å². The van der Waals surface area contributed by atoms with E-state index >= 15 is 0 Å². The molecule has 1 N–H and O–H groups in total. The molecule has 0 radical (unpaired) electrons. The van der Waals surface area contributed by atoms with Gasteiger partial charge >= 0.3 is 0 Å². The Bertz CT molecular complexity index is 301. The van der Waals surface area contributed by atoms with E-state index in [0.29, 0.717) is 0 Å². The maximum Gasteiger partial charge on any atom is 0.0787 e. The molecule has 0 amide bonds.